The molecular formula is C19H17N3O2S. The van der Waals surface area contributed by atoms with E-state index in [9.17, 15) is 4.79 Å². The van der Waals surface area contributed by atoms with Gasteiger partial charge in [-0.05, 0) is 31.5 Å². The summed E-state index contributed by atoms with van der Waals surface area (Å²) in [5.74, 6) is 0.763. The maximum absolute atomic E-state index is 13.0. The van der Waals surface area contributed by atoms with Crippen molar-refractivity contribution in [1.82, 2.24) is 14.5 Å². The zero-order chi connectivity index (χ0) is 17.6. The van der Waals surface area contributed by atoms with E-state index in [-0.39, 0.29) is 5.56 Å². The van der Waals surface area contributed by atoms with Gasteiger partial charge in [0.25, 0.3) is 5.56 Å². The molecule has 3 heterocycles. The Morgan fingerprint density at radius 3 is 2.84 bits per heavy atom. The molecule has 0 aliphatic heterocycles. The lowest BCUT2D eigenvalue weighted by molar-refractivity contribution is 0.408. The van der Waals surface area contributed by atoms with Gasteiger partial charge in [0.2, 0.25) is 0 Å². The Labute approximate surface area is 148 Å². The van der Waals surface area contributed by atoms with Gasteiger partial charge in [0.15, 0.2) is 0 Å². The van der Waals surface area contributed by atoms with Crippen LogP contribution in [-0.4, -0.2) is 21.6 Å². The molecule has 0 atom stereocenters. The van der Waals surface area contributed by atoms with E-state index >= 15 is 0 Å². The van der Waals surface area contributed by atoms with Crippen LogP contribution in [0, 0.1) is 13.8 Å². The van der Waals surface area contributed by atoms with Gasteiger partial charge in [-0.15, -0.1) is 11.3 Å². The Bertz CT molecular complexity index is 1160. The Balaban J connectivity index is 1.90. The first-order chi connectivity index (χ1) is 12.1. The van der Waals surface area contributed by atoms with E-state index in [4.69, 9.17) is 4.74 Å². The molecule has 0 aliphatic carbocycles. The summed E-state index contributed by atoms with van der Waals surface area (Å²) in [6.07, 6.45) is 1.61. The van der Waals surface area contributed by atoms with Crippen molar-refractivity contribution in [3.8, 4) is 5.75 Å². The average Bonchev–Trinajstić information content (AvgIpc) is 2.97. The lowest BCUT2D eigenvalue weighted by atomic mass is 10.1. The zero-order valence-electron chi connectivity index (χ0n) is 14.2. The minimum absolute atomic E-state index is 0.0454. The van der Waals surface area contributed by atoms with Gasteiger partial charge in [-0.3, -0.25) is 9.36 Å². The van der Waals surface area contributed by atoms with Crippen LogP contribution in [0.2, 0.25) is 0 Å². The number of rotatable bonds is 3. The highest BCUT2D eigenvalue weighted by atomic mass is 32.1. The van der Waals surface area contributed by atoms with Gasteiger partial charge in [-0.25, -0.2) is 9.97 Å². The van der Waals surface area contributed by atoms with E-state index in [0.29, 0.717) is 11.2 Å². The third-order valence-corrected chi connectivity index (χ3v) is 5.34. The maximum atomic E-state index is 13.0. The highest BCUT2D eigenvalue weighted by Gasteiger charge is 2.15. The molecule has 0 spiro atoms. The van der Waals surface area contributed by atoms with Crippen molar-refractivity contribution < 1.29 is 4.74 Å². The normalized spacial score (nSPS) is 11.3. The van der Waals surface area contributed by atoms with Gasteiger partial charge in [-0.1, -0.05) is 18.2 Å². The molecule has 0 radical (unpaired) electrons. The smallest absolute Gasteiger partial charge is 0.271 e. The van der Waals surface area contributed by atoms with Gasteiger partial charge in [0.05, 0.1) is 25.5 Å². The van der Waals surface area contributed by atoms with Crippen LogP contribution in [0.1, 0.15) is 16.8 Å². The summed E-state index contributed by atoms with van der Waals surface area (Å²) in [6.45, 7) is 4.42. The van der Waals surface area contributed by atoms with Gasteiger partial charge < -0.3 is 4.74 Å². The third-order valence-electron chi connectivity index (χ3n) is 4.28. The fourth-order valence-electron chi connectivity index (χ4n) is 3.13. The van der Waals surface area contributed by atoms with Crippen LogP contribution in [0.25, 0.3) is 20.4 Å². The standard InChI is InChI=1S/C19H17N3O2S/c1-11-8-12(2)21-18-15(11)16-17(25-18)19(23)22(10-20-16)9-13-6-4-5-7-14(13)24-3/h4-8,10H,9H2,1-3H3. The van der Waals surface area contributed by atoms with Crippen molar-refractivity contribution in [2.24, 2.45) is 0 Å². The molecule has 0 saturated carbocycles. The Morgan fingerprint density at radius 2 is 2.04 bits per heavy atom. The number of ether oxygens (including phenoxy) is 1. The summed E-state index contributed by atoms with van der Waals surface area (Å²) in [5.41, 5.74) is 3.69. The Morgan fingerprint density at radius 1 is 1.24 bits per heavy atom. The first kappa shape index (κ1) is 15.8. The number of hydrogen-bond donors (Lipinski definition) is 0. The number of aromatic nitrogens is 3. The molecular weight excluding hydrogens is 334 g/mol. The molecule has 4 aromatic rings. The van der Waals surface area contributed by atoms with Gasteiger partial charge >= 0.3 is 0 Å². The van der Waals surface area contributed by atoms with Crippen LogP contribution >= 0.6 is 11.3 Å². The number of nitrogens with zero attached hydrogens (tertiary/aromatic N) is 3. The van der Waals surface area contributed by atoms with Crippen molar-refractivity contribution in [1.29, 1.82) is 0 Å². The Kier molecular flexibility index (Phi) is 3.77. The summed E-state index contributed by atoms with van der Waals surface area (Å²) in [7, 11) is 1.63. The van der Waals surface area contributed by atoms with E-state index in [0.717, 1.165) is 38.3 Å². The first-order valence-electron chi connectivity index (χ1n) is 7.96. The molecule has 4 rings (SSSR count). The molecule has 25 heavy (non-hydrogen) atoms. The van der Waals surface area contributed by atoms with Gasteiger partial charge in [-0.2, -0.15) is 0 Å². The largest absolute Gasteiger partial charge is 0.496 e. The van der Waals surface area contributed by atoms with E-state index < -0.39 is 0 Å². The second-order valence-corrected chi connectivity index (χ2v) is 7.03. The summed E-state index contributed by atoms with van der Waals surface area (Å²) in [5, 5.41) is 0.979. The molecule has 5 nitrogen and oxygen atoms in total. The predicted octanol–water partition coefficient (Wildman–Crippen LogP) is 3.68. The number of benzene rings is 1. The monoisotopic (exact) mass is 351 g/mol. The molecule has 126 valence electrons. The molecule has 3 aromatic heterocycles. The fraction of sp³-hybridized carbons (Fsp3) is 0.211. The maximum Gasteiger partial charge on any atom is 0.271 e. The summed E-state index contributed by atoms with van der Waals surface area (Å²) >= 11 is 1.41. The Hall–Kier alpha value is -2.73. The third kappa shape index (κ3) is 2.59. The highest BCUT2D eigenvalue weighted by Crippen LogP contribution is 2.31. The topological polar surface area (TPSA) is 57.0 Å². The average molecular weight is 351 g/mol. The second-order valence-electron chi connectivity index (χ2n) is 6.03. The van der Waals surface area contributed by atoms with E-state index in [2.05, 4.69) is 9.97 Å². The number of methoxy groups -OCH3 is 1. The van der Waals surface area contributed by atoms with E-state index in [1.54, 1.807) is 18.0 Å². The number of aryl methyl sites for hydroxylation is 2. The van der Waals surface area contributed by atoms with Crippen molar-refractivity contribution in [2.75, 3.05) is 7.11 Å². The van der Waals surface area contributed by atoms with Crippen LogP contribution in [0.5, 0.6) is 5.75 Å². The van der Waals surface area contributed by atoms with Gasteiger partial charge in [0, 0.05) is 16.6 Å². The van der Waals surface area contributed by atoms with E-state index in [1.165, 1.54) is 11.3 Å². The summed E-state index contributed by atoms with van der Waals surface area (Å²) in [6, 6.07) is 9.72. The number of pyridine rings is 1. The van der Waals surface area contributed by atoms with Crippen molar-refractivity contribution >= 4 is 31.8 Å². The number of para-hydroxylation sites is 1. The second kappa shape index (κ2) is 5.97. The summed E-state index contributed by atoms with van der Waals surface area (Å²) < 4.78 is 7.65. The van der Waals surface area contributed by atoms with E-state index in [1.807, 2.05) is 44.2 Å². The van der Waals surface area contributed by atoms with Crippen molar-refractivity contribution in [3.63, 3.8) is 0 Å². The highest BCUT2D eigenvalue weighted by molar-refractivity contribution is 7.25. The SMILES string of the molecule is COc1ccccc1Cn1cnc2c(sc3nc(C)cc(C)c32)c1=O. The minimum atomic E-state index is -0.0454. The molecule has 0 fully saturated rings. The summed E-state index contributed by atoms with van der Waals surface area (Å²) in [4.78, 5) is 23.0. The quantitative estimate of drug-likeness (QED) is 0.565. The lowest BCUT2D eigenvalue weighted by Gasteiger charge is -2.09. The predicted molar refractivity (Wildman–Crippen MR) is 101 cm³/mol. The molecule has 0 amide bonds. The van der Waals surface area contributed by atoms with Crippen LogP contribution in [0.15, 0.2) is 41.5 Å². The number of thiophene rings is 1. The molecule has 0 saturated heterocycles. The molecule has 0 bridgehead atoms. The van der Waals surface area contributed by atoms with Crippen LogP contribution in [0.4, 0.5) is 0 Å². The fourth-order valence-corrected chi connectivity index (χ4v) is 4.33. The number of hydrogen-bond acceptors (Lipinski definition) is 5. The molecule has 1 aromatic carbocycles. The zero-order valence-corrected chi connectivity index (χ0v) is 15.1. The molecule has 0 N–H and O–H groups in total. The van der Waals surface area contributed by atoms with Crippen LogP contribution in [0.3, 0.4) is 0 Å². The molecule has 6 heteroatoms. The lowest BCUT2D eigenvalue weighted by Crippen LogP contribution is -2.20. The van der Waals surface area contributed by atoms with Crippen LogP contribution < -0.4 is 10.3 Å². The number of fused-ring (bicyclic) bond motifs is 3. The molecule has 0 aliphatic rings. The van der Waals surface area contributed by atoms with Crippen LogP contribution in [-0.2, 0) is 6.54 Å². The first-order valence-corrected chi connectivity index (χ1v) is 8.78. The molecule has 0 unspecified atom stereocenters. The van der Waals surface area contributed by atoms with Crippen molar-refractivity contribution in [3.05, 3.63) is 63.8 Å². The minimum Gasteiger partial charge on any atom is -0.496 e. The van der Waals surface area contributed by atoms with Gasteiger partial charge in [0.1, 0.15) is 15.3 Å². The van der Waals surface area contributed by atoms with Crippen molar-refractivity contribution in [2.45, 2.75) is 20.4 Å².